The van der Waals surface area contributed by atoms with Crippen LogP contribution in [0, 0.1) is 19.8 Å². The molecule has 0 bridgehead atoms. The van der Waals surface area contributed by atoms with E-state index in [-0.39, 0.29) is 18.6 Å². The van der Waals surface area contributed by atoms with Crippen LogP contribution in [0.15, 0.2) is 36.7 Å². The van der Waals surface area contributed by atoms with Crippen LogP contribution in [0.4, 0.5) is 5.82 Å². The van der Waals surface area contributed by atoms with Crippen LogP contribution in [0.2, 0.25) is 0 Å². The molecule has 1 fully saturated rings. The Balaban J connectivity index is 1.24. The fourth-order valence-electron chi connectivity index (χ4n) is 4.27. The average molecular weight is 435 g/mol. The van der Waals surface area contributed by atoms with Gasteiger partial charge in [-0.25, -0.2) is 14.6 Å². The lowest BCUT2D eigenvalue weighted by molar-refractivity contribution is -0.125. The number of aromatic nitrogens is 4. The first-order chi connectivity index (χ1) is 15.6. The van der Waals surface area contributed by atoms with Crippen molar-refractivity contribution < 1.29 is 14.3 Å². The number of fused-ring (bicyclic) bond motifs is 1. The molecule has 2 aliphatic heterocycles. The summed E-state index contributed by atoms with van der Waals surface area (Å²) in [4.78, 5) is 23.9. The summed E-state index contributed by atoms with van der Waals surface area (Å²) in [6, 6.07) is 9.69. The van der Waals surface area contributed by atoms with E-state index in [1.807, 2.05) is 48.9 Å². The number of amides is 1. The molecule has 9 heteroatoms. The fraction of sp³-hybridized carbons (Fsp3) is 0.391. The summed E-state index contributed by atoms with van der Waals surface area (Å²) in [5.74, 6) is 2.98. The van der Waals surface area contributed by atoms with Gasteiger partial charge in [0.15, 0.2) is 17.3 Å². The molecule has 32 heavy (non-hydrogen) atoms. The Morgan fingerprint density at radius 2 is 1.97 bits per heavy atom. The lowest BCUT2D eigenvalue weighted by atomic mass is 9.97. The molecule has 0 radical (unpaired) electrons. The van der Waals surface area contributed by atoms with Gasteiger partial charge in [0.25, 0.3) is 0 Å². The number of carbonyl (C=O) groups excluding carboxylic acids is 1. The van der Waals surface area contributed by atoms with Gasteiger partial charge in [0.1, 0.15) is 12.1 Å². The minimum absolute atomic E-state index is 0.0557. The van der Waals surface area contributed by atoms with Crippen molar-refractivity contribution in [3.05, 3.63) is 53.6 Å². The highest BCUT2D eigenvalue weighted by atomic mass is 16.7. The average Bonchev–Trinajstić information content (AvgIpc) is 3.42. The summed E-state index contributed by atoms with van der Waals surface area (Å²) in [5.41, 5.74) is 2.95. The van der Waals surface area contributed by atoms with Gasteiger partial charge in [-0.15, -0.1) is 0 Å². The zero-order valence-electron chi connectivity index (χ0n) is 18.2. The van der Waals surface area contributed by atoms with E-state index in [0.29, 0.717) is 13.1 Å². The standard InChI is InChI=1S/C23H26N6O3/c1-15-8-16(2)29(27-15)22-10-21(25-13-26-22)28-7-3-4-18(12-28)23(30)24-11-17-5-6-19-20(9-17)32-14-31-19/h5-6,8-10,13,18H,3-4,7,11-12,14H2,1-2H3,(H,24,30)/t18-/m1/s1. The maximum absolute atomic E-state index is 12.9. The molecule has 1 aromatic carbocycles. The highest BCUT2D eigenvalue weighted by Gasteiger charge is 2.27. The number of carbonyl (C=O) groups is 1. The molecule has 1 N–H and O–H groups in total. The van der Waals surface area contributed by atoms with Crippen molar-refractivity contribution in [3.63, 3.8) is 0 Å². The number of benzene rings is 1. The van der Waals surface area contributed by atoms with Crippen LogP contribution in [0.3, 0.4) is 0 Å². The van der Waals surface area contributed by atoms with Crippen molar-refractivity contribution in [2.75, 3.05) is 24.8 Å². The third kappa shape index (κ3) is 4.10. The molecule has 3 aromatic rings. The Bertz CT molecular complexity index is 1140. The van der Waals surface area contributed by atoms with Crippen molar-refractivity contribution >= 4 is 11.7 Å². The molecule has 0 saturated carbocycles. The minimum Gasteiger partial charge on any atom is -0.454 e. The quantitative estimate of drug-likeness (QED) is 0.659. The number of nitrogens with zero attached hydrogens (tertiary/aromatic N) is 5. The number of rotatable bonds is 5. The van der Waals surface area contributed by atoms with Crippen molar-refractivity contribution in [1.29, 1.82) is 0 Å². The molecule has 2 aromatic heterocycles. The SMILES string of the molecule is Cc1cc(C)n(-c2cc(N3CCC[C@@H](C(=O)NCc4ccc5c(c4)OCO5)C3)ncn2)n1. The molecule has 9 nitrogen and oxygen atoms in total. The van der Waals surface area contributed by atoms with E-state index < -0.39 is 0 Å². The molecule has 0 spiro atoms. The Morgan fingerprint density at radius 1 is 1.12 bits per heavy atom. The van der Waals surface area contributed by atoms with Gasteiger partial charge in [0.05, 0.1) is 11.6 Å². The van der Waals surface area contributed by atoms with Gasteiger partial charge in [-0.05, 0) is 50.5 Å². The predicted molar refractivity (Wildman–Crippen MR) is 118 cm³/mol. The second kappa shape index (κ2) is 8.49. The summed E-state index contributed by atoms with van der Waals surface area (Å²) in [7, 11) is 0. The van der Waals surface area contributed by atoms with Crippen LogP contribution in [0.1, 0.15) is 29.8 Å². The van der Waals surface area contributed by atoms with E-state index in [4.69, 9.17) is 9.47 Å². The smallest absolute Gasteiger partial charge is 0.231 e. The van der Waals surface area contributed by atoms with Crippen molar-refractivity contribution in [1.82, 2.24) is 25.1 Å². The third-order valence-electron chi connectivity index (χ3n) is 5.88. The summed E-state index contributed by atoms with van der Waals surface area (Å²) < 4.78 is 12.6. The minimum atomic E-state index is -0.0927. The van der Waals surface area contributed by atoms with Gasteiger partial charge in [-0.2, -0.15) is 5.10 Å². The number of nitrogens with one attached hydrogen (secondary N) is 1. The topological polar surface area (TPSA) is 94.4 Å². The van der Waals surface area contributed by atoms with Crippen LogP contribution in [-0.4, -0.2) is 45.5 Å². The van der Waals surface area contributed by atoms with Crippen LogP contribution in [0.25, 0.3) is 5.82 Å². The van der Waals surface area contributed by atoms with Gasteiger partial charge in [-0.1, -0.05) is 6.07 Å². The predicted octanol–water partition coefficient (Wildman–Crippen LogP) is 2.54. The van der Waals surface area contributed by atoms with E-state index >= 15 is 0 Å². The number of ether oxygens (including phenoxy) is 2. The second-order valence-corrected chi connectivity index (χ2v) is 8.26. The Kier molecular flexibility index (Phi) is 5.38. The number of hydrogen-bond acceptors (Lipinski definition) is 7. The molecular weight excluding hydrogens is 408 g/mol. The first-order valence-corrected chi connectivity index (χ1v) is 10.8. The molecule has 4 heterocycles. The second-order valence-electron chi connectivity index (χ2n) is 8.26. The Morgan fingerprint density at radius 3 is 2.81 bits per heavy atom. The summed E-state index contributed by atoms with van der Waals surface area (Å²) in [6.45, 7) is 6.15. The van der Waals surface area contributed by atoms with Gasteiger partial charge >= 0.3 is 0 Å². The van der Waals surface area contributed by atoms with Crippen molar-refractivity contribution in [2.45, 2.75) is 33.2 Å². The third-order valence-corrected chi connectivity index (χ3v) is 5.88. The van der Waals surface area contributed by atoms with Gasteiger partial charge in [-0.3, -0.25) is 4.79 Å². The number of aryl methyl sites for hydroxylation is 2. The molecular formula is C23H26N6O3. The van der Waals surface area contributed by atoms with Crippen LogP contribution in [0.5, 0.6) is 11.5 Å². The lowest BCUT2D eigenvalue weighted by Crippen LogP contribution is -2.43. The maximum atomic E-state index is 12.9. The molecule has 5 rings (SSSR count). The lowest BCUT2D eigenvalue weighted by Gasteiger charge is -2.33. The Hall–Kier alpha value is -3.62. The summed E-state index contributed by atoms with van der Waals surface area (Å²) in [5, 5.41) is 7.58. The van der Waals surface area contributed by atoms with E-state index in [1.165, 1.54) is 0 Å². The van der Waals surface area contributed by atoms with E-state index in [2.05, 4.69) is 25.3 Å². The van der Waals surface area contributed by atoms with Crippen LogP contribution >= 0.6 is 0 Å². The zero-order chi connectivity index (χ0) is 22.1. The number of anilines is 1. The monoisotopic (exact) mass is 434 g/mol. The largest absolute Gasteiger partial charge is 0.454 e. The van der Waals surface area contributed by atoms with Crippen LogP contribution < -0.4 is 19.7 Å². The number of hydrogen-bond donors (Lipinski definition) is 1. The van der Waals surface area contributed by atoms with Gasteiger partial charge in [0, 0.05) is 31.4 Å². The molecule has 166 valence electrons. The molecule has 1 amide bonds. The molecule has 1 atom stereocenters. The van der Waals surface area contributed by atoms with Crippen molar-refractivity contribution in [3.8, 4) is 17.3 Å². The highest BCUT2D eigenvalue weighted by Crippen LogP contribution is 2.32. The van der Waals surface area contributed by atoms with Gasteiger partial charge < -0.3 is 19.7 Å². The van der Waals surface area contributed by atoms with E-state index in [0.717, 1.165) is 59.5 Å². The maximum Gasteiger partial charge on any atom is 0.231 e. The van der Waals surface area contributed by atoms with E-state index in [9.17, 15) is 4.79 Å². The molecule has 0 unspecified atom stereocenters. The first-order valence-electron chi connectivity index (χ1n) is 10.8. The Labute approximate surface area is 186 Å². The summed E-state index contributed by atoms with van der Waals surface area (Å²) in [6.07, 6.45) is 3.35. The highest BCUT2D eigenvalue weighted by molar-refractivity contribution is 5.79. The number of piperidine rings is 1. The molecule has 0 aliphatic carbocycles. The first kappa shape index (κ1) is 20.3. The zero-order valence-corrected chi connectivity index (χ0v) is 18.2. The normalized spacial score (nSPS) is 17.4. The van der Waals surface area contributed by atoms with E-state index in [1.54, 1.807) is 6.33 Å². The molecule has 2 aliphatic rings. The summed E-state index contributed by atoms with van der Waals surface area (Å²) >= 11 is 0. The molecule has 1 saturated heterocycles. The van der Waals surface area contributed by atoms with Crippen LogP contribution in [-0.2, 0) is 11.3 Å². The fourth-order valence-corrected chi connectivity index (χ4v) is 4.27. The van der Waals surface area contributed by atoms with Gasteiger partial charge in [0.2, 0.25) is 12.7 Å². The van der Waals surface area contributed by atoms with Crippen molar-refractivity contribution in [2.24, 2.45) is 5.92 Å².